The Morgan fingerprint density at radius 3 is 2.53 bits per heavy atom. The van der Waals surface area contributed by atoms with Gasteiger partial charge in [-0.1, -0.05) is 0 Å². The molecule has 0 aromatic carbocycles. The number of rotatable bonds is 4. The molecule has 1 amide bonds. The van der Waals surface area contributed by atoms with Crippen molar-refractivity contribution in [3.05, 3.63) is 24.5 Å². The zero-order valence-corrected chi connectivity index (χ0v) is 19.2. The van der Waals surface area contributed by atoms with Gasteiger partial charge in [-0.25, -0.2) is 9.97 Å². The standard InChI is InChI=1S/C23H28N8O3/c1-15(32)29-6-4-16(5-7-29)12-20(33)31-22-18(14-26-31)21(17-2-3-19(24)25-13-17)27-23(28-22)30-8-10-34-11-9-30/h2-3,13-14,16H,4-12H2,1H3,(H2,24,25). The van der Waals surface area contributed by atoms with Crippen molar-refractivity contribution in [3.63, 3.8) is 0 Å². The maximum atomic E-state index is 13.3. The average Bonchev–Trinajstić information content (AvgIpc) is 3.29. The van der Waals surface area contributed by atoms with Crippen molar-refractivity contribution >= 4 is 34.6 Å². The highest BCUT2D eigenvalue weighted by Gasteiger charge is 2.26. The van der Waals surface area contributed by atoms with Crippen molar-refractivity contribution in [2.24, 2.45) is 5.92 Å². The van der Waals surface area contributed by atoms with E-state index in [9.17, 15) is 9.59 Å². The number of piperidine rings is 1. The van der Waals surface area contributed by atoms with Crippen LogP contribution in [0.1, 0.15) is 31.0 Å². The Balaban J connectivity index is 1.48. The topological polar surface area (TPSA) is 132 Å². The molecule has 0 atom stereocenters. The Morgan fingerprint density at radius 2 is 1.85 bits per heavy atom. The molecule has 0 radical (unpaired) electrons. The van der Waals surface area contributed by atoms with E-state index in [0.717, 1.165) is 18.4 Å². The molecule has 2 fully saturated rings. The van der Waals surface area contributed by atoms with Crippen LogP contribution in [0.25, 0.3) is 22.3 Å². The number of nitrogens with zero attached hydrogens (tertiary/aromatic N) is 7. The highest BCUT2D eigenvalue weighted by molar-refractivity contribution is 5.96. The summed E-state index contributed by atoms with van der Waals surface area (Å²) in [4.78, 5) is 42.5. The van der Waals surface area contributed by atoms with Crippen LogP contribution in [-0.4, -0.2) is 80.8 Å². The molecule has 0 saturated carbocycles. The van der Waals surface area contributed by atoms with Crippen molar-refractivity contribution < 1.29 is 14.3 Å². The van der Waals surface area contributed by atoms with Crippen LogP contribution >= 0.6 is 0 Å². The van der Waals surface area contributed by atoms with Crippen molar-refractivity contribution in [2.45, 2.75) is 26.2 Å². The molecule has 5 rings (SSSR count). The number of carbonyl (C=O) groups is 2. The fourth-order valence-corrected chi connectivity index (χ4v) is 4.53. The number of anilines is 2. The van der Waals surface area contributed by atoms with E-state index in [2.05, 4.69) is 15.0 Å². The summed E-state index contributed by atoms with van der Waals surface area (Å²) in [5.41, 5.74) is 7.69. The van der Waals surface area contributed by atoms with Gasteiger partial charge in [-0.15, -0.1) is 0 Å². The summed E-state index contributed by atoms with van der Waals surface area (Å²) in [5.74, 6) is 1.14. The maximum Gasteiger partial charge on any atom is 0.249 e. The normalized spacial score (nSPS) is 17.3. The fourth-order valence-electron chi connectivity index (χ4n) is 4.53. The number of aromatic nitrogens is 5. The summed E-state index contributed by atoms with van der Waals surface area (Å²) in [5, 5.41) is 5.09. The van der Waals surface area contributed by atoms with Crippen LogP contribution < -0.4 is 10.6 Å². The van der Waals surface area contributed by atoms with E-state index in [1.807, 2.05) is 11.0 Å². The Labute approximate surface area is 196 Å². The zero-order chi connectivity index (χ0) is 23.7. The van der Waals surface area contributed by atoms with E-state index >= 15 is 0 Å². The molecule has 11 nitrogen and oxygen atoms in total. The number of amides is 1. The summed E-state index contributed by atoms with van der Waals surface area (Å²) < 4.78 is 6.87. The quantitative estimate of drug-likeness (QED) is 0.611. The number of nitrogen functional groups attached to an aromatic ring is 1. The first-order chi connectivity index (χ1) is 16.5. The van der Waals surface area contributed by atoms with E-state index in [0.29, 0.717) is 74.3 Å². The summed E-state index contributed by atoms with van der Waals surface area (Å²) >= 11 is 0. The van der Waals surface area contributed by atoms with Crippen LogP contribution in [0.15, 0.2) is 24.5 Å². The number of hydrogen-bond donors (Lipinski definition) is 1. The highest BCUT2D eigenvalue weighted by Crippen LogP contribution is 2.29. The van der Waals surface area contributed by atoms with E-state index in [-0.39, 0.29) is 17.7 Å². The Hall–Kier alpha value is -3.60. The van der Waals surface area contributed by atoms with Crippen molar-refractivity contribution in [3.8, 4) is 11.3 Å². The number of ether oxygens (including phenoxy) is 1. The average molecular weight is 465 g/mol. The number of nitrogens with two attached hydrogens (primary N) is 1. The first kappa shape index (κ1) is 22.2. The molecular formula is C23H28N8O3. The van der Waals surface area contributed by atoms with Gasteiger partial charge < -0.3 is 20.3 Å². The lowest BCUT2D eigenvalue weighted by molar-refractivity contribution is -0.130. The minimum Gasteiger partial charge on any atom is -0.384 e. The molecule has 3 aromatic heterocycles. The van der Waals surface area contributed by atoms with Gasteiger partial charge in [0, 0.05) is 51.3 Å². The van der Waals surface area contributed by atoms with Gasteiger partial charge in [0.15, 0.2) is 5.65 Å². The van der Waals surface area contributed by atoms with Gasteiger partial charge in [-0.2, -0.15) is 14.8 Å². The first-order valence-electron chi connectivity index (χ1n) is 11.6. The van der Waals surface area contributed by atoms with Gasteiger partial charge in [-0.3, -0.25) is 9.59 Å². The molecule has 0 bridgehead atoms. The van der Waals surface area contributed by atoms with Crippen molar-refractivity contribution in [2.75, 3.05) is 50.0 Å². The molecule has 0 spiro atoms. The lowest BCUT2D eigenvalue weighted by Crippen LogP contribution is -2.38. The minimum absolute atomic E-state index is 0.0832. The molecule has 34 heavy (non-hydrogen) atoms. The van der Waals surface area contributed by atoms with Gasteiger partial charge in [-0.05, 0) is 30.9 Å². The maximum absolute atomic E-state index is 13.3. The van der Waals surface area contributed by atoms with Crippen LogP contribution in [-0.2, 0) is 9.53 Å². The lowest BCUT2D eigenvalue weighted by Gasteiger charge is -2.30. The number of carbonyl (C=O) groups excluding carboxylic acids is 2. The fraction of sp³-hybridized carbons (Fsp3) is 0.478. The third-order valence-electron chi connectivity index (χ3n) is 6.53. The third kappa shape index (κ3) is 4.43. The van der Waals surface area contributed by atoms with Crippen LogP contribution in [0.4, 0.5) is 11.8 Å². The predicted octanol–water partition coefficient (Wildman–Crippen LogP) is 1.60. The van der Waals surface area contributed by atoms with Crippen molar-refractivity contribution in [1.29, 1.82) is 0 Å². The lowest BCUT2D eigenvalue weighted by atomic mass is 9.93. The predicted molar refractivity (Wildman–Crippen MR) is 126 cm³/mol. The molecule has 2 N–H and O–H groups in total. The number of likely N-dealkylation sites (tertiary alicyclic amines) is 1. The monoisotopic (exact) mass is 464 g/mol. The SMILES string of the molecule is CC(=O)N1CCC(CC(=O)n2ncc3c(-c4ccc(N)nc4)nc(N4CCOCC4)nc32)CC1. The Kier molecular flexibility index (Phi) is 6.10. The first-order valence-corrected chi connectivity index (χ1v) is 11.6. The zero-order valence-electron chi connectivity index (χ0n) is 19.2. The van der Waals surface area contributed by atoms with Crippen molar-refractivity contribution in [1.82, 2.24) is 29.6 Å². The van der Waals surface area contributed by atoms with Gasteiger partial charge in [0.25, 0.3) is 0 Å². The second-order valence-electron chi connectivity index (χ2n) is 8.78. The van der Waals surface area contributed by atoms with E-state index in [4.69, 9.17) is 20.4 Å². The van der Waals surface area contributed by atoms with Crippen LogP contribution in [0.5, 0.6) is 0 Å². The molecule has 3 aromatic rings. The molecule has 11 heteroatoms. The molecule has 2 aliphatic heterocycles. The third-order valence-corrected chi connectivity index (χ3v) is 6.53. The van der Waals surface area contributed by atoms with Crippen LogP contribution in [0.2, 0.25) is 0 Å². The molecule has 178 valence electrons. The number of hydrogen-bond acceptors (Lipinski definition) is 9. The van der Waals surface area contributed by atoms with E-state index < -0.39 is 0 Å². The molecule has 0 unspecified atom stereocenters. The van der Waals surface area contributed by atoms with E-state index in [1.54, 1.807) is 25.4 Å². The molecule has 5 heterocycles. The summed E-state index contributed by atoms with van der Waals surface area (Å²) in [7, 11) is 0. The van der Waals surface area contributed by atoms with Gasteiger partial charge >= 0.3 is 0 Å². The number of pyridine rings is 1. The molecule has 2 saturated heterocycles. The smallest absolute Gasteiger partial charge is 0.249 e. The molecule has 2 aliphatic rings. The van der Waals surface area contributed by atoms with Crippen LogP contribution in [0, 0.1) is 5.92 Å². The highest BCUT2D eigenvalue weighted by atomic mass is 16.5. The summed E-state index contributed by atoms with van der Waals surface area (Å²) in [6, 6.07) is 3.58. The summed E-state index contributed by atoms with van der Waals surface area (Å²) in [6.45, 7) is 5.48. The van der Waals surface area contributed by atoms with E-state index in [1.165, 1.54) is 4.68 Å². The second-order valence-corrected chi connectivity index (χ2v) is 8.78. The molecular weight excluding hydrogens is 436 g/mol. The Morgan fingerprint density at radius 1 is 1.09 bits per heavy atom. The minimum atomic E-state index is -0.107. The molecule has 0 aliphatic carbocycles. The largest absolute Gasteiger partial charge is 0.384 e. The summed E-state index contributed by atoms with van der Waals surface area (Å²) in [6.07, 6.45) is 5.28. The Bertz CT molecular complexity index is 1190. The van der Waals surface area contributed by atoms with Gasteiger partial charge in [0.05, 0.1) is 30.5 Å². The van der Waals surface area contributed by atoms with Crippen LogP contribution in [0.3, 0.4) is 0 Å². The number of fused-ring (bicyclic) bond motifs is 1. The number of morpholine rings is 1. The second kappa shape index (κ2) is 9.34. The van der Waals surface area contributed by atoms with Gasteiger partial charge in [0.1, 0.15) is 5.82 Å². The van der Waals surface area contributed by atoms with Gasteiger partial charge in [0.2, 0.25) is 17.8 Å².